The van der Waals surface area contributed by atoms with Crippen molar-refractivity contribution in [3.63, 3.8) is 0 Å². The molecule has 0 fully saturated rings. The van der Waals surface area contributed by atoms with E-state index in [1.165, 1.54) is 0 Å². The third-order valence-electron chi connectivity index (χ3n) is 2.75. The lowest BCUT2D eigenvalue weighted by molar-refractivity contribution is 0.112. The molecule has 0 atom stereocenters. The van der Waals surface area contributed by atoms with E-state index < -0.39 is 0 Å². The summed E-state index contributed by atoms with van der Waals surface area (Å²) in [7, 11) is 0. The van der Waals surface area contributed by atoms with Crippen LogP contribution in [0.2, 0.25) is 0 Å². The Kier molecular flexibility index (Phi) is 3.32. The van der Waals surface area contributed by atoms with Crippen molar-refractivity contribution in [3.8, 4) is 5.82 Å². The summed E-state index contributed by atoms with van der Waals surface area (Å²) < 4.78 is 1.77. The Morgan fingerprint density at radius 2 is 2.12 bits per heavy atom. The number of rotatable bonds is 4. The van der Waals surface area contributed by atoms with Gasteiger partial charge in [0.2, 0.25) is 0 Å². The third-order valence-corrected chi connectivity index (χ3v) is 2.75. The Morgan fingerprint density at radius 3 is 2.65 bits per heavy atom. The molecule has 0 aliphatic heterocycles. The van der Waals surface area contributed by atoms with Crippen LogP contribution in [0.4, 0.5) is 0 Å². The minimum absolute atomic E-state index is 0.709. The van der Waals surface area contributed by atoms with Crippen LogP contribution in [0.5, 0.6) is 0 Å². The van der Waals surface area contributed by atoms with Gasteiger partial charge in [-0.15, -0.1) is 0 Å². The highest BCUT2D eigenvalue weighted by Gasteiger charge is 2.16. The van der Waals surface area contributed by atoms with Crippen molar-refractivity contribution in [1.29, 1.82) is 0 Å². The van der Waals surface area contributed by atoms with Gasteiger partial charge in [0.25, 0.3) is 0 Å². The molecule has 88 valence electrons. The van der Waals surface area contributed by atoms with Crippen molar-refractivity contribution in [3.05, 3.63) is 41.3 Å². The number of aldehydes is 1. The lowest BCUT2D eigenvalue weighted by Gasteiger charge is -2.04. The van der Waals surface area contributed by atoms with E-state index >= 15 is 0 Å². The number of hydrogen-bond acceptors (Lipinski definition) is 3. The molecule has 0 saturated carbocycles. The predicted octanol–water partition coefficient (Wildman–Crippen LogP) is 2.20. The SMILES string of the molecule is CCc1nn(-c2ccccn2)c(CC)c1C=O. The number of carbonyl (C=O) groups is 1. The van der Waals surface area contributed by atoms with Gasteiger partial charge in [-0.3, -0.25) is 4.79 Å². The molecule has 0 amide bonds. The topological polar surface area (TPSA) is 47.8 Å². The number of aromatic nitrogens is 3. The van der Waals surface area contributed by atoms with Crippen molar-refractivity contribution >= 4 is 6.29 Å². The average molecular weight is 229 g/mol. The van der Waals surface area contributed by atoms with Crippen LogP contribution in [0.15, 0.2) is 24.4 Å². The maximum Gasteiger partial charge on any atom is 0.153 e. The molecule has 0 saturated heterocycles. The maximum absolute atomic E-state index is 11.1. The Bertz CT molecular complexity index is 517. The predicted molar refractivity (Wildman–Crippen MR) is 65.5 cm³/mol. The van der Waals surface area contributed by atoms with E-state index in [2.05, 4.69) is 10.1 Å². The van der Waals surface area contributed by atoms with Gasteiger partial charge in [0.15, 0.2) is 12.1 Å². The minimum atomic E-state index is 0.709. The van der Waals surface area contributed by atoms with Gasteiger partial charge in [0.1, 0.15) is 0 Å². The van der Waals surface area contributed by atoms with Gasteiger partial charge in [-0.1, -0.05) is 19.9 Å². The molecule has 2 heterocycles. The molecular formula is C13H15N3O. The lowest BCUT2D eigenvalue weighted by atomic mass is 10.1. The molecule has 0 aromatic carbocycles. The zero-order valence-corrected chi connectivity index (χ0v) is 10.1. The third kappa shape index (κ3) is 1.98. The summed E-state index contributed by atoms with van der Waals surface area (Å²) in [5.74, 6) is 0.757. The number of aryl methyl sites for hydroxylation is 1. The van der Waals surface area contributed by atoms with Crippen molar-refractivity contribution in [2.75, 3.05) is 0 Å². The summed E-state index contributed by atoms with van der Waals surface area (Å²) in [6.45, 7) is 4.01. The summed E-state index contributed by atoms with van der Waals surface area (Å²) >= 11 is 0. The average Bonchev–Trinajstić information content (AvgIpc) is 2.77. The summed E-state index contributed by atoms with van der Waals surface area (Å²) in [5.41, 5.74) is 2.47. The first-order valence-corrected chi connectivity index (χ1v) is 5.79. The summed E-state index contributed by atoms with van der Waals surface area (Å²) in [6.07, 6.45) is 4.13. The van der Waals surface area contributed by atoms with Gasteiger partial charge in [-0.2, -0.15) is 5.10 Å². The second-order valence-electron chi connectivity index (χ2n) is 3.73. The monoisotopic (exact) mass is 229 g/mol. The summed E-state index contributed by atoms with van der Waals surface area (Å²) in [4.78, 5) is 15.4. The first-order valence-electron chi connectivity index (χ1n) is 5.79. The van der Waals surface area contributed by atoms with Crippen molar-refractivity contribution in [2.24, 2.45) is 0 Å². The number of pyridine rings is 1. The second-order valence-corrected chi connectivity index (χ2v) is 3.73. The molecule has 0 radical (unpaired) electrons. The molecule has 0 N–H and O–H groups in total. The van der Waals surface area contributed by atoms with E-state index in [4.69, 9.17) is 0 Å². The van der Waals surface area contributed by atoms with Crippen LogP contribution in [0.3, 0.4) is 0 Å². The summed E-state index contributed by atoms with van der Waals surface area (Å²) in [6, 6.07) is 5.66. The quantitative estimate of drug-likeness (QED) is 0.755. The molecule has 0 unspecified atom stereocenters. The van der Waals surface area contributed by atoms with E-state index in [1.807, 2.05) is 32.0 Å². The van der Waals surface area contributed by atoms with E-state index in [1.54, 1.807) is 10.9 Å². The largest absolute Gasteiger partial charge is 0.298 e. The molecule has 17 heavy (non-hydrogen) atoms. The van der Waals surface area contributed by atoms with Gasteiger partial charge < -0.3 is 0 Å². The molecular weight excluding hydrogens is 214 g/mol. The smallest absolute Gasteiger partial charge is 0.153 e. The Hall–Kier alpha value is -1.97. The fourth-order valence-electron chi connectivity index (χ4n) is 1.92. The van der Waals surface area contributed by atoms with E-state index in [0.717, 1.165) is 36.3 Å². The van der Waals surface area contributed by atoms with Crippen LogP contribution in [0, 0.1) is 0 Å². The molecule has 2 aromatic rings. The van der Waals surface area contributed by atoms with E-state index in [-0.39, 0.29) is 0 Å². The van der Waals surface area contributed by atoms with Crippen molar-refractivity contribution < 1.29 is 4.79 Å². The fraction of sp³-hybridized carbons (Fsp3) is 0.308. The zero-order chi connectivity index (χ0) is 12.3. The molecule has 2 aromatic heterocycles. The van der Waals surface area contributed by atoms with Crippen LogP contribution in [-0.2, 0) is 12.8 Å². The lowest BCUT2D eigenvalue weighted by Crippen LogP contribution is -2.04. The minimum Gasteiger partial charge on any atom is -0.298 e. The van der Waals surface area contributed by atoms with Gasteiger partial charge >= 0.3 is 0 Å². The number of nitrogens with zero attached hydrogens (tertiary/aromatic N) is 3. The zero-order valence-electron chi connectivity index (χ0n) is 10.1. The van der Waals surface area contributed by atoms with Gasteiger partial charge in [-0.05, 0) is 25.0 Å². The first kappa shape index (κ1) is 11.5. The standard InChI is InChI=1S/C13H15N3O/c1-3-11-10(9-17)12(4-2)16(15-11)13-7-5-6-8-14-13/h5-9H,3-4H2,1-2H3. The molecule has 2 rings (SSSR count). The molecule has 0 bridgehead atoms. The summed E-state index contributed by atoms with van der Waals surface area (Å²) in [5, 5.41) is 4.46. The molecule has 4 heteroatoms. The highest BCUT2D eigenvalue weighted by molar-refractivity contribution is 5.78. The highest BCUT2D eigenvalue weighted by atomic mass is 16.1. The molecule has 0 spiro atoms. The fourth-order valence-corrected chi connectivity index (χ4v) is 1.92. The first-order chi connectivity index (χ1) is 8.31. The van der Waals surface area contributed by atoms with Crippen molar-refractivity contribution in [1.82, 2.24) is 14.8 Å². The Balaban J connectivity index is 2.62. The van der Waals surface area contributed by atoms with Gasteiger partial charge in [-0.25, -0.2) is 9.67 Å². The Labute approximate surface area is 100 Å². The van der Waals surface area contributed by atoms with Crippen molar-refractivity contribution in [2.45, 2.75) is 26.7 Å². The van der Waals surface area contributed by atoms with Crippen LogP contribution < -0.4 is 0 Å². The second kappa shape index (κ2) is 4.91. The maximum atomic E-state index is 11.1. The molecule has 0 aliphatic rings. The van der Waals surface area contributed by atoms with E-state index in [0.29, 0.717) is 5.56 Å². The van der Waals surface area contributed by atoms with Crippen LogP contribution in [0.25, 0.3) is 5.82 Å². The highest BCUT2D eigenvalue weighted by Crippen LogP contribution is 2.17. The normalized spacial score (nSPS) is 10.5. The van der Waals surface area contributed by atoms with Crippen LogP contribution in [0.1, 0.15) is 35.6 Å². The van der Waals surface area contributed by atoms with E-state index in [9.17, 15) is 4.79 Å². The van der Waals surface area contributed by atoms with Crippen LogP contribution >= 0.6 is 0 Å². The Morgan fingerprint density at radius 1 is 1.29 bits per heavy atom. The van der Waals surface area contributed by atoms with Gasteiger partial charge in [0.05, 0.1) is 17.0 Å². The van der Waals surface area contributed by atoms with Gasteiger partial charge in [0, 0.05) is 6.20 Å². The van der Waals surface area contributed by atoms with Crippen LogP contribution in [-0.4, -0.2) is 21.1 Å². The molecule has 4 nitrogen and oxygen atoms in total. The number of hydrogen-bond donors (Lipinski definition) is 0. The molecule has 0 aliphatic carbocycles. The number of carbonyl (C=O) groups excluding carboxylic acids is 1.